The van der Waals surface area contributed by atoms with Crippen molar-refractivity contribution in [2.75, 3.05) is 39.5 Å². The highest BCUT2D eigenvalue weighted by molar-refractivity contribution is 5.81. The highest BCUT2D eigenvalue weighted by atomic mass is 16.5. The topological polar surface area (TPSA) is 72.4 Å². The van der Waals surface area contributed by atoms with Crippen molar-refractivity contribution in [3.8, 4) is 11.5 Å². The van der Waals surface area contributed by atoms with E-state index in [-0.39, 0.29) is 11.9 Å². The lowest BCUT2D eigenvalue weighted by Gasteiger charge is -2.34. The quantitative estimate of drug-likeness (QED) is 0.474. The van der Waals surface area contributed by atoms with Crippen LogP contribution in [-0.2, 0) is 16.1 Å². The SMILES string of the molecule is CCNC(=NCc1cccc2c1OCCCO2)N1CCC[C@@H](C(=O)OCC)C1. The number of likely N-dealkylation sites (tertiary alicyclic amines) is 1. The summed E-state index contributed by atoms with van der Waals surface area (Å²) in [5.41, 5.74) is 1.01. The van der Waals surface area contributed by atoms with Gasteiger partial charge in [0.1, 0.15) is 0 Å². The predicted octanol–water partition coefficient (Wildman–Crippen LogP) is 2.59. The number of hydrogen-bond acceptors (Lipinski definition) is 5. The van der Waals surface area contributed by atoms with Crippen molar-refractivity contribution in [2.24, 2.45) is 10.9 Å². The Bertz CT molecular complexity index is 692. The molecule has 0 aliphatic carbocycles. The number of ether oxygens (including phenoxy) is 3. The third-order valence-electron chi connectivity index (χ3n) is 4.93. The van der Waals surface area contributed by atoms with Crippen LogP contribution >= 0.6 is 0 Å². The Kier molecular flexibility index (Phi) is 7.39. The molecule has 0 saturated carbocycles. The molecule has 0 radical (unpaired) electrons. The number of para-hydroxylation sites is 1. The molecule has 1 saturated heterocycles. The summed E-state index contributed by atoms with van der Waals surface area (Å²) in [5.74, 6) is 2.20. The second-order valence-corrected chi connectivity index (χ2v) is 7.00. The number of esters is 1. The zero-order valence-corrected chi connectivity index (χ0v) is 16.9. The first-order valence-electron chi connectivity index (χ1n) is 10.3. The molecule has 2 aliphatic rings. The van der Waals surface area contributed by atoms with Crippen LogP contribution in [0.25, 0.3) is 0 Å². The molecule has 0 spiro atoms. The van der Waals surface area contributed by atoms with E-state index < -0.39 is 0 Å². The molecule has 7 nitrogen and oxygen atoms in total. The summed E-state index contributed by atoms with van der Waals surface area (Å²) in [4.78, 5) is 19.1. The molecular formula is C21H31N3O4. The predicted molar refractivity (Wildman–Crippen MR) is 108 cm³/mol. The first-order chi connectivity index (χ1) is 13.7. The van der Waals surface area contributed by atoms with Crippen molar-refractivity contribution in [1.29, 1.82) is 0 Å². The molecule has 154 valence electrons. The molecule has 0 unspecified atom stereocenters. The normalized spacial score (nSPS) is 19.7. The van der Waals surface area contributed by atoms with Gasteiger partial charge >= 0.3 is 5.97 Å². The second kappa shape index (κ2) is 10.2. The number of piperidine rings is 1. The largest absolute Gasteiger partial charge is 0.490 e. The minimum absolute atomic E-state index is 0.0951. The molecule has 2 heterocycles. The van der Waals surface area contributed by atoms with Crippen molar-refractivity contribution < 1.29 is 19.0 Å². The Morgan fingerprint density at radius 3 is 2.96 bits per heavy atom. The molecule has 3 rings (SSSR count). The Balaban J connectivity index is 1.73. The number of benzene rings is 1. The molecule has 1 aromatic carbocycles. The average Bonchev–Trinajstić information content (AvgIpc) is 2.97. The van der Waals surface area contributed by atoms with E-state index in [0.717, 1.165) is 55.4 Å². The maximum atomic E-state index is 12.2. The molecule has 0 bridgehead atoms. The fourth-order valence-electron chi connectivity index (χ4n) is 3.59. The van der Waals surface area contributed by atoms with Gasteiger partial charge in [0, 0.05) is 31.6 Å². The summed E-state index contributed by atoms with van der Waals surface area (Å²) < 4.78 is 16.9. The molecular weight excluding hydrogens is 358 g/mol. The number of rotatable bonds is 5. The number of nitrogens with one attached hydrogen (secondary N) is 1. The van der Waals surface area contributed by atoms with Gasteiger partial charge in [-0.3, -0.25) is 4.79 Å². The smallest absolute Gasteiger partial charge is 0.310 e. The Labute approximate surface area is 167 Å². The fourth-order valence-corrected chi connectivity index (χ4v) is 3.59. The lowest BCUT2D eigenvalue weighted by molar-refractivity contribution is -0.149. The summed E-state index contributed by atoms with van der Waals surface area (Å²) in [7, 11) is 0. The summed E-state index contributed by atoms with van der Waals surface area (Å²) in [5, 5.41) is 3.36. The molecule has 2 aliphatic heterocycles. The van der Waals surface area contributed by atoms with Gasteiger partial charge in [-0.05, 0) is 32.8 Å². The van der Waals surface area contributed by atoms with E-state index >= 15 is 0 Å². The lowest BCUT2D eigenvalue weighted by atomic mass is 9.98. The van der Waals surface area contributed by atoms with Gasteiger partial charge in [-0.2, -0.15) is 0 Å². The molecule has 0 aromatic heterocycles. The van der Waals surface area contributed by atoms with Crippen LogP contribution in [0.15, 0.2) is 23.2 Å². The number of carbonyl (C=O) groups is 1. The van der Waals surface area contributed by atoms with Gasteiger partial charge < -0.3 is 24.4 Å². The number of fused-ring (bicyclic) bond motifs is 1. The Morgan fingerprint density at radius 1 is 1.29 bits per heavy atom. The van der Waals surface area contributed by atoms with E-state index in [4.69, 9.17) is 19.2 Å². The van der Waals surface area contributed by atoms with Gasteiger partial charge in [-0.1, -0.05) is 12.1 Å². The molecule has 28 heavy (non-hydrogen) atoms. The molecule has 1 atom stereocenters. The van der Waals surface area contributed by atoms with E-state index in [1.807, 2.05) is 32.0 Å². The van der Waals surface area contributed by atoms with Crippen molar-refractivity contribution in [1.82, 2.24) is 10.2 Å². The van der Waals surface area contributed by atoms with Crippen LogP contribution in [0.5, 0.6) is 11.5 Å². The average molecular weight is 389 g/mol. The summed E-state index contributed by atoms with van der Waals surface area (Å²) in [6.45, 7) is 8.43. The number of nitrogens with zero attached hydrogens (tertiary/aromatic N) is 2. The van der Waals surface area contributed by atoms with Crippen LogP contribution in [0.2, 0.25) is 0 Å². The molecule has 1 aromatic rings. The van der Waals surface area contributed by atoms with Gasteiger partial charge in [-0.15, -0.1) is 0 Å². The summed E-state index contributed by atoms with van der Waals surface area (Å²) >= 11 is 0. The van der Waals surface area contributed by atoms with Crippen LogP contribution in [0.1, 0.15) is 38.7 Å². The van der Waals surface area contributed by atoms with Crippen molar-refractivity contribution in [3.63, 3.8) is 0 Å². The van der Waals surface area contributed by atoms with Crippen LogP contribution in [0.4, 0.5) is 0 Å². The van der Waals surface area contributed by atoms with Crippen molar-refractivity contribution in [3.05, 3.63) is 23.8 Å². The number of guanidine groups is 1. The second-order valence-electron chi connectivity index (χ2n) is 7.00. The Hall–Kier alpha value is -2.44. The third kappa shape index (κ3) is 5.09. The van der Waals surface area contributed by atoms with Crippen molar-refractivity contribution >= 4 is 11.9 Å². The van der Waals surface area contributed by atoms with Gasteiger partial charge in [0.05, 0.1) is 32.3 Å². The minimum Gasteiger partial charge on any atom is -0.490 e. The van der Waals surface area contributed by atoms with Gasteiger partial charge in [0.2, 0.25) is 0 Å². The minimum atomic E-state index is -0.109. The number of hydrogen-bond donors (Lipinski definition) is 1. The molecule has 0 amide bonds. The highest BCUT2D eigenvalue weighted by Crippen LogP contribution is 2.33. The van der Waals surface area contributed by atoms with Crippen LogP contribution in [0, 0.1) is 5.92 Å². The monoisotopic (exact) mass is 389 g/mol. The third-order valence-corrected chi connectivity index (χ3v) is 4.93. The van der Waals surface area contributed by atoms with Gasteiger partial charge in [-0.25, -0.2) is 4.99 Å². The summed E-state index contributed by atoms with van der Waals surface area (Å²) in [6, 6.07) is 5.94. The lowest BCUT2D eigenvalue weighted by Crippen LogP contribution is -2.48. The zero-order valence-electron chi connectivity index (χ0n) is 16.9. The van der Waals surface area contributed by atoms with Crippen LogP contribution in [-0.4, -0.2) is 56.3 Å². The zero-order chi connectivity index (χ0) is 19.8. The van der Waals surface area contributed by atoms with E-state index in [1.54, 1.807) is 0 Å². The molecule has 7 heteroatoms. The standard InChI is InChI=1S/C21H31N3O4/c1-3-22-21(24-11-6-9-17(15-24)20(25)26-4-2)23-14-16-8-5-10-18-19(16)28-13-7-12-27-18/h5,8,10,17H,3-4,6-7,9,11-15H2,1-2H3,(H,22,23)/t17-/m1/s1. The first kappa shape index (κ1) is 20.3. The highest BCUT2D eigenvalue weighted by Gasteiger charge is 2.28. The summed E-state index contributed by atoms with van der Waals surface area (Å²) in [6.07, 6.45) is 2.70. The molecule has 1 N–H and O–H groups in total. The Morgan fingerprint density at radius 2 is 2.14 bits per heavy atom. The number of carbonyl (C=O) groups excluding carboxylic acids is 1. The van der Waals surface area contributed by atoms with E-state index in [1.165, 1.54) is 0 Å². The van der Waals surface area contributed by atoms with E-state index in [0.29, 0.717) is 32.9 Å². The van der Waals surface area contributed by atoms with Gasteiger partial charge in [0.15, 0.2) is 17.5 Å². The van der Waals surface area contributed by atoms with Crippen LogP contribution < -0.4 is 14.8 Å². The maximum absolute atomic E-state index is 12.2. The van der Waals surface area contributed by atoms with Crippen LogP contribution in [0.3, 0.4) is 0 Å². The first-order valence-corrected chi connectivity index (χ1v) is 10.3. The van der Waals surface area contributed by atoms with E-state index in [2.05, 4.69) is 10.2 Å². The van der Waals surface area contributed by atoms with Gasteiger partial charge in [0.25, 0.3) is 0 Å². The fraction of sp³-hybridized carbons (Fsp3) is 0.619. The maximum Gasteiger partial charge on any atom is 0.310 e. The van der Waals surface area contributed by atoms with E-state index in [9.17, 15) is 4.79 Å². The van der Waals surface area contributed by atoms with Crippen molar-refractivity contribution in [2.45, 2.75) is 39.7 Å². The number of aliphatic imine (C=N–C) groups is 1. The molecule has 1 fully saturated rings.